The van der Waals surface area contributed by atoms with Gasteiger partial charge < -0.3 is 9.64 Å². The molecule has 0 saturated carbocycles. The van der Waals surface area contributed by atoms with E-state index in [4.69, 9.17) is 4.74 Å². The number of methoxy groups -OCH3 is 1. The van der Waals surface area contributed by atoms with Gasteiger partial charge in [0, 0.05) is 30.7 Å². The summed E-state index contributed by atoms with van der Waals surface area (Å²) in [6.45, 7) is 5.51. The molecule has 2 aromatic rings. The fourth-order valence-electron chi connectivity index (χ4n) is 5.24. The Morgan fingerprint density at radius 2 is 1.39 bits per heavy atom. The fraction of sp³-hybridized carbons (Fsp3) is 0.444. The van der Waals surface area contributed by atoms with Gasteiger partial charge in [0.1, 0.15) is 5.75 Å². The van der Waals surface area contributed by atoms with E-state index in [1.54, 1.807) is 12.7 Å². The summed E-state index contributed by atoms with van der Waals surface area (Å²) >= 11 is 0. The summed E-state index contributed by atoms with van der Waals surface area (Å²) in [5.74, 6) is 0.976. The van der Waals surface area contributed by atoms with Gasteiger partial charge in [-0.3, -0.25) is 9.69 Å². The first-order chi connectivity index (χ1) is 15.0. The highest BCUT2D eigenvalue weighted by Crippen LogP contribution is 2.42. The Hall–Kier alpha value is -2.59. The Morgan fingerprint density at radius 1 is 0.903 bits per heavy atom. The molecule has 164 valence electrons. The predicted molar refractivity (Wildman–Crippen MR) is 127 cm³/mol. The Balaban J connectivity index is 1.73. The van der Waals surface area contributed by atoms with Crippen LogP contribution in [0.4, 0.5) is 0 Å². The molecule has 0 spiro atoms. The zero-order valence-electron chi connectivity index (χ0n) is 19.2. The molecule has 2 aliphatic heterocycles. The number of amides is 1. The molecule has 0 aliphatic carbocycles. The summed E-state index contributed by atoms with van der Waals surface area (Å²) in [7, 11) is 3.98. The molecule has 1 amide bonds. The lowest BCUT2D eigenvalue weighted by Crippen LogP contribution is -2.37. The normalized spacial score (nSPS) is 20.6. The molecule has 2 aromatic carbocycles. The van der Waals surface area contributed by atoms with Crippen molar-refractivity contribution >= 4 is 11.5 Å². The van der Waals surface area contributed by atoms with E-state index in [-0.39, 0.29) is 5.91 Å². The van der Waals surface area contributed by atoms with Crippen molar-refractivity contribution < 1.29 is 9.53 Å². The van der Waals surface area contributed by atoms with Crippen LogP contribution in [0.5, 0.6) is 5.75 Å². The first-order valence-corrected chi connectivity index (χ1v) is 11.5. The van der Waals surface area contributed by atoms with Crippen molar-refractivity contribution in [2.45, 2.75) is 51.6 Å². The highest BCUT2D eigenvalue weighted by Gasteiger charge is 2.37. The molecule has 4 nitrogen and oxygen atoms in total. The van der Waals surface area contributed by atoms with Crippen LogP contribution in [0.15, 0.2) is 54.1 Å². The van der Waals surface area contributed by atoms with Crippen LogP contribution in [0.25, 0.3) is 5.57 Å². The number of hydrogen-bond acceptors (Lipinski definition) is 3. The van der Waals surface area contributed by atoms with Crippen molar-refractivity contribution in [2.75, 3.05) is 27.2 Å². The molecule has 0 radical (unpaired) electrons. The van der Waals surface area contributed by atoms with Crippen molar-refractivity contribution in [2.24, 2.45) is 0 Å². The third-order valence-corrected chi connectivity index (χ3v) is 7.15. The van der Waals surface area contributed by atoms with Gasteiger partial charge in [0.25, 0.3) is 5.91 Å². The van der Waals surface area contributed by atoms with E-state index in [9.17, 15) is 4.79 Å². The molecule has 2 bridgehead atoms. The first kappa shape index (κ1) is 21.6. The van der Waals surface area contributed by atoms with E-state index < -0.39 is 0 Å². The van der Waals surface area contributed by atoms with Crippen LogP contribution < -0.4 is 4.74 Å². The summed E-state index contributed by atoms with van der Waals surface area (Å²) in [6.07, 6.45) is 4.82. The van der Waals surface area contributed by atoms with Crippen LogP contribution in [-0.2, 0) is 0 Å². The molecular formula is C27H34N2O2. The smallest absolute Gasteiger partial charge is 0.253 e. The van der Waals surface area contributed by atoms with Gasteiger partial charge in [0.2, 0.25) is 0 Å². The quantitative estimate of drug-likeness (QED) is 0.643. The van der Waals surface area contributed by atoms with E-state index in [0.717, 1.165) is 37.2 Å². The molecule has 4 heteroatoms. The minimum Gasteiger partial charge on any atom is -0.497 e. The Bertz CT molecular complexity index is 926. The van der Waals surface area contributed by atoms with Crippen molar-refractivity contribution in [1.82, 2.24) is 9.80 Å². The third kappa shape index (κ3) is 4.27. The zero-order valence-corrected chi connectivity index (χ0v) is 19.2. The maximum Gasteiger partial charge on any atom is 0.253 e. The molecule has 2 unspecified atom stereocenters. The lowest BCUT2D eigenvalue weighted by Gasteiger charge is -2.34. The van der Waals surface area contributed by atoms with Gasteiger partial charge in [0.05, 0.1) is 7.11 Å². The number of piperidine rings is 1. The number of fused-ring (bicyclic) bond motifs is 2. The van der Waals surface area contributed by atoms with E-state index in [0.29, 0.717) is 12.1 Å². The molecule has 0 aromatic heterocycles. The summed E-state index contributed by atoms with van der Waals surface area (Å²) in [5.41, 5.74) is 6.05. The van der Waals surface area contributed by atoms with E-state index in [1.807, 2.05) is 43.0 Å². The second-order valence-corrected chi connectivity index (χ2v) is 8.72. The lowest BCUT2D eigenvalue weighted by atomic mass is 9.85. The van der Waals surface area contributed by atoms with Crippen molar-refractivity contribution in [3.63, 3.8) is 0 Å². The maximum absolute atomic E-state index is 12.8. The Kier molecular flexibility index (Phi) is 6.47. The van der Waals surface area contributed by atoms with Crippen molar-refractivity contribution in [1.29, 1.82) is 0 Å². The molecule has 31 heavy (non-hydrogen) atoms. The lowest BCUT2D eigenvalue weighted by molar-refractivity contribution is 0.0773. The molecule has 2 heterocycles. The van der Waals surface area contributed by atoms with Crippen molar-refractivity contribution in [3.05, 3.63) is 70.8 Å². The summed E-state index contributed by atoms with van der Waals surface area (Å²) in [6, 6.07) is 17.9. The Labute approximate surface area is 186 Å². The van der Waals surface area contributed by atoms with Crippen LogP contribution in [-0.4, -0.2) is 55.0 Å². The predicted octanol–water partition coefficient (Wildman–Crippen LogP) is 5.24. The molecule has 0 N–H and O–H groups in total. The topological polar surface area (TPSA) is 32.8 Å². The van der Waals surface area contributed by atoms with Crippen molar-refractivity contribution in [3.8, 4) is 5.75 Å². The SMILES string of the molecule is CCN(CC)C(=O)c1ccc(C(=C2CC3CCC(C2)N3C)c2ccc(OC)cc2)cc1. The van der Waals surface area contributed by atoms with Gasteiger partial charge in [-0.2, -0.15) is 0 Å². The van der Waals surface area contributed by atoms with E-state index >= 15 is 0 Å². The van der Waals surface area contributed by atoms with Gasteiger partial charge in [-0.1, -0.05) is 29.8 Å². The number of carbonyl (C=O) groups excluding carboxylic acids is 1. The van der Waals surface area contributed by atoms with Gasteiger partial charge >= 0.3 is 0 Å². The van der Waals surface area contributed by atoms with E-state index in [1.165, 1.54) is 29.5 Å². The summed E-state index contributed by atoms with van der Waals surface area (Å²) in [5, 5.41) is 0. The number of hydrogen-bond donors (Lipinski definition) is 0. The highest BCUT2D eigenvalue weighted by atomic mass is 16.5. The number of rotatable bonds is 6. The fourth-order valence-corrected chi connectivity index (χ4v) is 5.24. The first-order valence-electron chi connectivity index (χ1n) is 11.5. The highest BCUT2D eigenvalue weighted by molar-refractivity contribution is 5.95. The van der Waals surface area contributed by atoms with Crippen LogP contribution in [0, 0.1) is 0 Å². The summed E-state index contributed by atoms with van der Waals surface area (Å²) in [4.78, 5) is 17.2. The summed E-state index contributed by atoms with van der Waals surface area (Å²) < 4.78 is 5.38. The average Bonchev–Trinajstić information content (AvgIpc) is 3.00. The molecular weight excluding hydrogens is 384 g/mol. The molecule has 2 saturated heterocycles. The maximum atomic E-state index is 12.8. The van der Waals surface area contributed by atoms with Crippen LogP contribution >= 0.6 is 0 Å². The van der Waals surface area contributed by atoms with Gasteiger partial charge in [-0.25, -0.2) is 0 Å². The number of nitrogens with zero attached hydrogens (tertiary/aromatic N) is 2. The van der Waals surface area contributed by atoms with Gasteiger partial charge in [-0.05, 0) is 87.5 Å². The minimum atomic E-state index is 0.104. The molecule has 4 rings (SSSR count). The van der Waals surface area contributed by atoms with Crippen LogP contribution in [0.1, 0.15) is 61.0 Å². The van der Waals surface area contributed by atoms with Crippen LogP contribution in [0.2, 0.25) is 0 Å². The molecule has 2 aliphatic rings. The largest absolute Gasteiger partial charge is 0.497 e. The van der Waals surface area contributed by atoms with Gasteiger partial charge in [-0.15, -0.1) is 0 Å². The standard InChI is InChI=1S/C27H34N2O2/c1-5-29(6-2)27(30)21-9-7-19(8-10-21)26(20-11-15-25(31-4)16-12-20)22-17-23-13-14-24(18-22)28(23)3/h7-12,15-16,23-24H,5-6,13-14,17-18H2,1-4H3. The minimum absolute atomic E-state index is 0.104. The second kappa shape index (κ2) is 9.27. The van der Waals surface area contributed by atoms with Crippen LogP contribution in [0.3, 0.4) is 0 Å². The Morgan fingerprint density at radius 3 is 1.87 bits per heavy atom. The average molecular weight is 419 g/mol. The number of benzene rings is 2. The second-order valence-electron chi connectivity index (χ2n) is 8.72. The van der Waals surface area contributed by atoms with Gasteiger partial charge in [0.15, 0.2) is 0 Å². The molecule has 2 fully saturated rings. The number of ether oxygens (including phenoxy) is 1. The monoisotopic (exact) mass is 418 g/mol. The van der Waals surface area contributed by atoms with E-state index in [2.05, 4.69) is 36.2 Å². The third-order valence-electron chi connectivity index (χ3n) is 7.15. The zero-order chi connectivity index (χ0) is 22.0. The molecule has 2 atom stereocenters. The number of carbonyl (C=O) groups is 1.